The van der Waals surface area contributed by atoms with Crippen molar-refractivity contribution in [2.45, 2.75) is 31.6 Å². The Bertz CT molecular complexity index is 374. The maximum Gasteiger partial charge on any atom is 0.0493 e. The smallest absolute Gasteiger partial charge is 0.0493 e. The third-order valence-electron chi connectivity index (χ3n) is 4.17. The lowest BCUT2D eigenvalue weighted by Crippen LogP contribution is -2.34. The van der Waals surface area contributed by atoms with Crippen molar-refractivity contribution in [2.24, 2.45) is 11.1 Å². The maximum absolute atomic E-state index is 9.80. The minimum Gasteiger partial charge on any atom is -0.396 e. The van der Waals surface area contributed by atoms with Crippen LogP contribution in [0.2, 0.25) is 0 Å². The van der Waals surface area contributed by atoms with Gasteiger partial charge in [-0.05, 0) is 31.0 Å². The molecule has 1 fully saturated rings. The van der Waals surface area contributed by atoms with Crippen molar-refractivity contribution in [3.8, 4) is 0 Å². The van der Waals surface area contributed by atoms with Crippen LogP contribution in [0.4, 0.5) is 0 Å². The molecule has 2 rings (SSSR count). The molecule has 1 aromatic rings. The fraction of sp³-hybridized carbons (Fsp3) is 0.571. The molecule has 0 unspecified atom stereocenters. The van der Waals surface area contributed by atoms with Crippen molar-refractivity contribution in [2.75, 3.05) is 13.2 Å². The van der Waals surface area contributed by atoms with Crippen molar-refractivity contribution in [1.29, 1.82) is 0 Å². The summed E-state index contributed by atoms with van der Waals surface area (Å²) in [7, 11) is 0. The van der Waals surface area contributed by atoms with E-state index in [-0.39, 0.29) is 17.9 Å². The lowest BCUT2D eigenvalue weighted by atomic mass is 9.71. The van der Waals surface area contributed by atoms with Crippen LogP contribution in [0.15, 0.2) is 28.7 Å². The maximum atomic E-state index is 9.80. The molecule has 2 nitrogen and oxygen atoms in total. The summed E-state index contributed by atoms with van der Waals surface area (Å²) in [6.07, 6.45) is 4.60. The van der Waals surface area contributed by atoms with Crippen LogP contribution in [0.1, 0.15) is 37.2 Å². The zero-order chi connectivity index (χ0) is 12.3. The molecule has 0 amide bonds. The van der Waals surface area contributed by atoms with Crippen molar-refractivity contribution in [1.82, 2.24) is 0 Å². The van der Waals surface area contributed by atoms with E-state index in [1.165, 1.54) is 18.4 Å². The molecule has 0 aromatic heterocycles. The molecule has 17 heavy (non-hydrogen) atoms. The number of aliphatic hydroxyl groups is 1. The third kappa shape index (κ3) is 2.42. The average Bonchev–Trinajstić information content (AvgIpc) is 2.82. The molecule has 1 aliphatic carbocycles. The van der Waals surface area contributed by atoms with Crippen molar-refractivity contribution < 1.29 is 5.11 Å². The van der Waals surface area contributed by atoms with Gasteiger partial charge in [-0.2, -0.15) is 0 Å². The Morgan fingerprint density at radius 2 is 1.94 bits per heavy atom. The molecular formula is C14H20BrNO. The van der Waals surface area contributed by atoms with Gasteiger partial charge in [0.15, 0.2) is 0 Å². The van der Waals surface area contributed by atoms with E-state index in [0.29, 0.717) is 6.54 Å². The second-order valence-electron chi connectivity index (χ2n) is 5.04. The number of hydrogen-bond donors (Lipinski definition) is 2. The van der Waals surface area contributed by atoms with E-state index in [0.717, 1.165) is 17.3 Å². The predicted octanol–water partition coefficient (Wildman–Crippen LogP) is 3.04. The van der Waals surface area contributed by atoms with E-state index in [4.69, 9.17) is 5.73 Å². The van der Waals surface area contributed by atoms with Crippen LogP contribution in [-0.4, -0.2) is 18.3 Å². The second-order valence-corrected chi connectivity index (χ2v) is 5.89. The zero-order valence-corrected chi connectivity index (χ0v) is 11.6. The van der Waals surface area contributed by atoms with Gasteiger partial charge in [-0.25, -0.2) is 0 Å². The summed E-state index contributed by atoms with van der Waals surface area (Å²) in [4.78, 5) is 0. The number of halogens is 1. The van der Waals surface area contributed by atoms with Gasteiger partial charge in [-0.1, -0.05) is 47.0 Å². The number of hydrogen-bond acceptors (Lipinski definition) is 2. The van der Waals surface area contributed by atoms with Crippen LogP contribution in [-0.2, 0) is 0 Å². The molecule has 3 N–H and O–H groups in total. The van der Waals surface area contributed by atoms with E-state index in [1.54, 1.807) is 0 Å². The zero-order valence-electron chi connectivity index (χ0n) is 10.0. The van der Waals surface area contributed by atoms with Crippen molar-refractivity contribution in [3.63, 3.8) is 0 Å². The van der Waals surface area contributed by atoms with Crippen molar-refractivity contribution >= 4 is 15.9 Å². The van der Waals surface area contributed by atoms with E-state index in [1.807, 2.05) is 12.1 Å². The van der Waals surface area contributed by atoms with Crippen molar-refractivity contribution in [3.05, 3.63) is 34.3 Å². The molecule has 1 aromatic carbocycles. The molecular weight excluding hydrogens is 278 g/mol. The van der Waals surface area contributed by atoms with Crippen LogP contribution in [0.3, 0.4) is 0 Å². The van der Waals surface area contributed by atoms with E-state index in [2.05, 4.69) is 28.1 Å². The molecule has 0 saturated heterocycles. The first kappa shape index (κ1) is 13.1. The Morgan fingerprint density at radius 3 is 2.47 bits per heavy atom. The normalized spacial score (nSPS) is 20.4. The quantitative estimate of drug-likeness (QED) is 0.897. The fourth-order valence-corrected chi connectivity index (χ4v) is 3.72. The first-order valence-corrected chi connectivity index (χ1v) is 7.08. The van der Waals surface area contributed by atoms with Gasteiger partial charge >= 0.3 is 0 Å². The molecule has 0 radical (unpaired) electrons. The summed E-state index contributed by atoms with van der Waals surface area (Å²) < 4.78 is 1.11. The Labute approximate surface area is 111 Å². The second kappa shape index (κ2) is 5.51. The fourth-order valence-electron chi connectivity index (χ4n) is 3.16. The van der Waals surface area contributed by atoms with Gasteiger partial charge in [0.1, 0.15) is 0 Å². The summed E-state index contributed by atoms with van der Waals surface area (Å²) in [6.45, 7) is 0.847. The SMILES string of the molecule is NC[C@H](c1ccccc1Br)C1(CO)CCCC1. The standard InChI is InChI=1S/C14H20BrNO/c15-13-6-2-1-5-11(13)12(9-16)14(10-17)7-3-4-8-14/h1-2,5-6,12,17H,3-4,7-10,16H2/t12-/m1/s1. The lowest BCUT2D eigenvalue weighted by Gasteiger charge is -2.36. The van der Waals surface area contributed by atoms with Crippen LogP contribution < -0.4 is 5.73 Å². The topological polar surface area (TPSA) is 46.2 Å². The van der Waals surface area contributed by atoms with Crippen LogP contribution in [0, 0.1) is 5.41 Å². The van der Waals surface area contributed by atoms with E-state index >= 15 is 0 Å². The first-order chi connectivity index (χ1) is 8.23. The summed E-state index contributed by atoms with van der Waals surface area (Å²) in [5.41, 5.74) is 7.22. The molecule has 1 aliphatic rings. The summed E-state index contributed by atoms with van der Waals surface area (Å²) in [5, 5.41) is 9.80. The number of aliphatic hydroxyl groups excluding tert-OH is 1. The number of benzene rings is 1. The number of nitrogens with two attached hydrogens (primary N) is 1. The predicted molar refractivity (Wildman–Crippen MR) is 73.9 cm³/mol. The first-order valence-electron chi connectivity index (χ1n) is 6.29. The Morgan fingerprint density at radius 1 is 1.29 bits per heavy atom. The number of rotatable bonds is 4. The van der Waals surface area contributed by atoms with E-state index < -0.39 is 0 Å². The van der Waals surface area contributed by atoms with Gasteiger partial charge < -0.3 is 10.8 Å². The molecule has 0 bridgehead atoms. The molecule has 94 valence electrons. The van der Waals surface area contributed by atoms with Gasteiger partial charge in [-0.15, -0.1) is 0 Å². The molecule has 1 saturated carbocycles. The molecule has 1 atom stereocenters. The van der Waals surface area contributed by atoms with Gasteiger partial charge in [0, 0.05) is 22.4 Å². The summed E-state index contributed by atoms with van der Waals surface area (Å²) in [6, 6.07) is 8.24. The van der Waals surface area contributed by atoms with Gasteiger partial charge in [0.05, 0.1) is 0 Å². The summed E-state index contributed by atoms with van der Waals surface area (Å²) >= 11 is 3.60. The van der Waals surface area contributed by atoms with Crippen LogP contribution in [0.5, 0.6) is 0 Å². The van der Waals surface area contributed by atoms with Gasteiger partial charge in [0.2, 0.25) is 0 Å². The van der Waals surface area contributed by atoms with Crippen LogP contribution >= 0.6 is 15.9 Å². The van der Waals surface area contributed by atoms with Crippen LogP contribution in [0.25, 0.3) is 0 Å². The van der Waals surface area contributed by atoms with Gasteiger partial charge in [-0.3, -0.25) is 0 Å². The van der Waals surface area contributed by atoms with Gasteiger partial charge in [0.25, 0.3) is 0 Å². The highest BCUT2D eigenvalue weighted by Gasteiger charge is 2.41. The molecule has 0 aliphatic heterocycles. The third-order valence-corrected chi connectivity index (χ3v) is 4.89. The molecule has 0 spiro atoms. The van der Waals surface area contributed by atoms with E-state index in [9.17, 15) is 5.11 Å². The Hall–Kier alpha value is -0.380. The average molecular weight is 298 g/mol. The monoisotopic (exact) mass is 297 g/mol. The highest BCUT2D eigenvalue weighted by Crippen LogP contribution is 2.49. The lowest BCUT2D eigenvalue weighted by molar-refractivity contribution is 0.102. The minimum atomic E-state index is -0.00137. The largest absolute Gasteiger partial charge is 0.396 e. The minimum absolute atomic E-state index is 0.00137. The Kier molecular flexibility index (Phi) is 4.23. The highest BCUT2D eigenvalue weighted by atomic mass is 79.9. The Balaban J connectivity index is 2.36. The highest BCUT2D eigenvalue weighted by molar-refractivity contribution is 9.10. The summed E-state index contributed by atoms with van der Waals surface area (Å²) in [5.74, 6) is 0.255. The molecule has 3 heteroatoms. The molecule has 0 heterocycles.